The minimum atomic E-state index is -2.52. The second kappa shape index (κ2) is 4.90. The third-order valence-corrected chi connectivity index (χ3v) is 1.12. The molecule has 0 aromatic rings. The molecule has 0 heterocycles. The Labute approximate surface area is 67.7 Å². The molecule has 0 unspecified atom stereocenters. The predicted octanol–water partition coefficient (Wildman–Crippen LogP) is 0.648. The number of aliphatic imine (C=N–C) groups is 1. The van der Waals surface area contributed by atoms with E-state index in [1.165, 1.54) is 0 Å². The standard InChI is InChI=1S/C5H8ClF2N3/c6-5(3(10)1-9)11-2-4(7)8/h1,4H,2,9-10H2. The maximum Gasteiger partial charge on any atom is 0.257 e. The van der Waals surface area contributed by atoms with Crippen molar-refractivity contribution in [1.82, 2.24) is 0 Å². The van der Waals surface area contributed by atoms with Gasteiger partial charge >= 0.3 is 0 Å². The van der Waals surface area contributed by atoms with Gasteiger partial charge in [-0.3, -0.25) is 4.99 Å². The maximum absolute atomic E-state index is 11.5. The Balaban J connectivity index is 4.01. The van der Waals surface area contributed by atoms with Gasteiger partial charge in [0.2, 0.25) is 0 Å². The Hall–Kier alpha value is -0.840. The molecule has 0 radical (unpaired) electrons. The molecule has 0 spiro atoms. The second-order valence-electron chi connectivity index (χ2n) is 1.64. The molecule has 11 heavy (non-hydrogen) atoms. The van der Waals surface area contributed by atoms with Crippen LogP contribution in [0.4, 0.5) is 8.78 Å². The normalized spacial score (nSPS) is 14.2. The van der Waals surface area contributed by atoms with Gasteiger partial charge < -0.3 is 11.5 Å². The van der Waals surface area contributed by atoms with E-state index in [2.05, 4.69) is 4.99 Å². The van der Waals surface area contributed by atoms with E-state index in [9.17, 15) is 8.78 Å². The minimum Gasteiger partial charge on any atom is -0.403 e. The van der Waals surface area contributed by atoms with E-state index >= 15 is 0 Å². The smallest absolute Gasteiger partial charge is 0.257 e. The van der Waals surface area contributed by atoms with Crippen molar-refractivity contribution in [2.24, 2.45) is 16.5 Å². The van der Waals surface area contributed by atoms with Gasteiger partial charge in [0.05, 0.1) is 5.70 Å². The van der Waals surface area contributed by atoms with Gasteiger partial charge in [-0.15, -0.1) is 0 Å². The zero-order valence-electron chi connectivity index (χ0n) is 5.60. The molecule has 0 rings (SSSR count). The summed E-state index contributed by atoms with van der Waals surface area (Å²) in [6.45, 7) is -0.659. The molecule has 0 saturated carbocycles. The molecular weight excluding hydrogens is 176 g/mol. The van der Waals surface area contributed by atoms with Crippen LogP contribution in [0.2, 0.25) is 0 Å². The fourth-order valence-electron chi connectivity index (χ4n) is 0.309. The lowest BCUT2D eigenvalue weighted by Crippen LogP contribution is -2.09. The maximum atomic E-state index is 11.5. The highest BCUT2D eigenvalue weighted by atomic mass is 35.5. The zero-order chi connectivity index (χ0) is 8.85. The molecule has 0 aromatic carbocycles. The van der Waals surface area contributed by atoms with Gasteiger partial charge in [0.15, 0.2) is 0 Å². The number of hydrogen-bond donors (Lipinski definition) is 2. The van der Waals surface area contributed by atoms with Crippen molar-refractivity contribution in [3.05, 3.63) is 11.9 Å². The molecule has 0 bridgehead atoms. The van der Waals surface area contributed by atoms with Crippen LogP contribution in [0.3, 0.4) is 0 Å². The predicted molar refractivity (Wildman–Crippen MR) is 40.6 cm³/mol. The van der Waals surface area contributed by atoms with E-state index in [0.29, 0.717) is 0 Å². The van der Waals surface area contributed by atoms with Gasteiger partial charge in [-0.2, -0.15) is 0 Å². The number of allylic oxidation sites excluding steroid dienone is 1. The van der Waals surface area contributed by atoms with Crippen LogP contribution in [-0.2, 0) is 0 Å². The molecule has 0 saturated heterocycles. The summed E-state index contributed by atoms with van der Waals surface area (Å²) in [6, 6.07) is 0. The third-order valence-electron chi connectivity index (χ3n) is 0.786. The summed E-state index contributed by atoms with van der Waals surface area (Å²) < 4.78 is 23.0. The highest BCUT2D eigenvalue weighted by molar-refractivity contribution is 6.69. The first kappa shape index (κ1) is 10.2. The number of nitrogens with two attached hydrogens (primary N) is 2. The Morgan fingerprint density at radius 2 is 2.18 bits per heavy atom. The fourth-order valence-corrected chi connectivity index (χ4v) is 0.441. The van der Waals surface area contributed by atoms with Gasteiger partial charge in [0.1, 0.15) is 11.7 Å². The van der Waals surface area contributed by atoms with E-state index in [4.69, 9.17) is 23.1 Å². The largest absolute Gasteiger partial charge is 0.403 e. The minimum absolute atomic E-state index is 0.00711. The van der Waals surface area contributed by atoms with Gasteiger partial charge in [0, 0.05) is 6.20 Å². The average Bonchev–Trinajstić information content (AvgIpc) is 1.98. The molecule has 0 atom stereocenters. The number of halogens is 3. The van der Waals surface area contributed by atoms with Crippen LogP contribution < -0.4 is 11.5 Å². The monoisotopic (exact) mass is 183 g/mol. The molecule has 64 valence electrons. The first-order chi connectivity index (χ1) is 5.07. The molecular formula is C5H8ClF2N3. The molecule has 0 aromatic heterocycles. The quantitative estimate of drug-likeness (QED) is 0.631. The van der Waals surface area contributed by atoms with E-state index in [1.54, 1.807) is 0 Å². The van der Waals surface area contributed by atoms with Crippen molar-refractivity contribution >= 4 is 16.8 Å². The van der Waals surface area contributed by atoms with E-state index < -0.39 is 13.0 Å². The molecule has 0 aliphatic rings. The van der Waals surface area contributed by atoms with Crippen molar-refractivity contribution in [2.75, 3.05) is 6.54 Å². The lowest BCUT2D eigenvalue weighted by atomic mass is 10.5. The summed E-state index contributed by atoms with van der Waals surface area (Å²) in [6.07, 6.45) is -1.52. The van der Waals surface area contributed by atoms with Crippen LogP contribution in [-0.4, -0.2) is 18.1 Å². The first-order valence-electron chi connectivity index (χ1n) is 2.73. The van der Waals surface area contributed by atoms with E-state index in [-0.39, 0.29) is 10.9 Å². The molecule has 0 amide bonds. The number of rotatable bonds is 3. The van der Waals surface area contributed by atoms with Crippen LogP contribution in [0.25, 0.3) is 0 Å². The fraction of sp³-hybridized carbons (Fsp3) is 0.400. The van der Waals surface area contributed by atoms with E-state index in [1.807, 2.05) is 0 Å². The van der Waals surface area contributed by atoms with Crippen LogP contribution in [0.5, 0.6) is 0 Å². The molecule has 6 heteroatoms. The van der Waals surface area contributed by atoms with E-state index in [0.717, 1.165) is 6.20 Å². The molecule has 0 aliphatic carbocycles. The van der Waals surface area contributed by atoms with Gasteiger partial charge in [-0.1, -0.05) is 11.6 Å². The topological polar surface area (TPSA) is 64.4 Å². The molecule has 3 nitrogen and oxygen atoms in total. The summed E-state index contributed by atoms with van der Waals surface area (Å²) >= 11 is 5.32. The van der Waals surface area contributed by atoms with Crippen molar-refractivity contribution in [3.8, 4) is 0 Å². The van der Waals surface area contributed by atoms with Crippen molar-refractivity contribution < 1.29 is 8.78 Å². The number of nitrogens with zero attached hydrogens (tertiary/aromatic N) is 1. The lowest BCUT2D eigenvalue weighted by Gasteiger charge is -1.96. The van der Waals surface area contributed by atoms with Gasteiger partial charge in [-0.25, -0.2) is 8.78 Å². The average molecular weight is 184 g/mol. The van der Waals surface area contributed by atoms with Crippen molar-refractivity contribution in [3.63, 3.8) is 0 Å². The summed E-state index contributed by atoms with van der Waals surface area (Å²) in [5, 5.41) is -0.187. The number of hydrogen-bond acceptors (Lipinski definition) is 3. The van der Waals surface area contributed by atoms with Crippen LogP contribution >= 0.6 is 11.6 Å². The lowest BCUT2D eigenvalue weighted by molar-refractivity contribution is 0.159. The summed E-state index contributed by atoms with van der Waals surface area (Å²) in [4.78, 5) is 3.25. The van der Waals surface area contributed by atoms with Crippen LogP contribution in [0.1, 0.15) is 0 Å². The third kappa shape index (κ3) is 4.55. The summed E-state index contributed by atoms with van der Waals surface area (Å²) in [5.41, 5.74) is 10.1. The highest BCUT2D eigenvalue weighted by Gasteiger charge is 2.02. The van der Waals surface area contributed by atoms with Gasteiger partial charge in [-0.05, 0) is 0 Å². The molecule has 0 fully saturated rings. The Bertz CT molecular complexity index is 179. The SMILES string of the molecule is NC=C(N)C(Cl)=NCC(F)F. The molecule has 4 N–H and O–H groups in total. The zero-order valence-corrected chi connectivity index (χ0v) is 6.35. The van der Waals surface area contributed by atoms with Crippen LogP contribution in [0.15, 0.2) is 16.9 Å². The number of alkyl halides is 2. The highest BCUT2D eigenvalue weighted by Crippen LogP contribution is 1.98. The second-order valence-corrected chi connectivity index (χ2v) is 2.00. The molecule has 0 aliphatic heterocycles. The summed E-state index contributed by atoms with van der Waals surface area (Å²) in [7, 11) is 0. The van der Waals surface area contributed by atoms with Crippen LogP contribution in [0, 0.1) is 0 Å². The van der Waals surface area contributed by atoms with Crippen molar-refractivity contribution in [2.45, 2.75) is 6.43 Å². The summed E-state index contributed by atoms with van der Waals surface area (Å²) in [5.74, 6) is 0. The Kier molecular flexibility index (Phi) is 4.52. The van der Waals surface area contributed by atoms with Crippen molar-refractivity contribution in [1.29, 1.82) is 0 Å². The van der Waals surface area contributed by atoms with Gasteiger partial charge in [0.25, 0.3) is 6.43 Å². The Morgan fingerprint density at radius 1 is 1.64 bits per heavy atom. The Morgan fingerprint density at radius 3 is 2.55 bits per heavy atom. The first-order valence-corrected chi connectivity index (χ1v) is 3.11.